The van der Waals surface area contributed by atoms with Gasteiger partial charge < -0.3 is 5.32 Å². The quantitative estimate of drug-likeness (QED) is 0.781. The topological polar surface area (TPSA) is 12.0 Å². The van der Waals surface area contributed by atoms with Gasteiger partial charge >= 0.3 is 0 Å². The Kier molecular flexibility index (Phi) is 3.37. The van der Waals surface area contributed by atoms with E-state index in [1.165, 1.54) is 38.5 Å². The molecule has 3 atom stereocenters. The molecule has 2 saturated carbocycles. The van der Waals surface area contributed by atoms with Gasteiger partial charge in [0, 0.05) is 12.6 Å². The third-order valence-corrected chi connectivity index (χ3v) is 4.94. The van der Waals surface area contributed by atoms with Gasteiger partial charge in [0.2, 0.25) is 0 Å². The molecule has 2 unspecified atom stereocenters. The van der Waals surface area contributed by atoms with E-state index in [0.29, 0.717) is 0 Å². The SMILES string of the molecule is C[C@H]1CC2C=CC=C(CNC3CCCC3)C2C1. The van der Waals surface area contributed by atoms with Crippen LogP contribution < -0.4 is 5.32 Å². The molecule has 3 aliphatic rings. The first-order chi connectivity index (χ1) is 8.33. The number of fused-ring (bicyclic) bond motifs is 1. The summed E-state index contributed by atoms with van der Waals surface area (Å²) >= 11 is 0. The third-order valence-electron chi connectivity index (χ3n) is 4.94. The molecule has 2 fully saturated rings. The van der Waals surface area contributed by atoms with Crippen molar-refractivity contribution in [3.63, 3.8) is 0 Å². The van der Waals surface area contributed by atoms with Crippen molar-refractivity contribution in [1.82, 2.24) is 5.32 Å². The zero-order valence-corrected chi connectivity index (χ0v) is 11.0. The van der Waals surface area contributed by atoms with Crippen LogP contribution in [0, 0.1) is 17.8 Å². The van der Waals surface area contributed by atoms with Gasteiger partial charge in [-0.2, -0.15) is 0 Å². The number of rotatable bonds is 3. The van der Waals surface area contributed by atoms with Gasteiger partial charge in [-0.25, -0.2) is 0 Å². The Labute approximate surface area is 105 Å². The maximum atomic E-state index is 3.78. The fourth-order valence-electron chi connectivity index (χ4n) is 4.00. The van der Waals surface area contributed by atoms with Crippen molar-refractivity contribution in [1.29, 1.82) is 0 Å². The first-order valence-corrected chi connectivity index (χ1v) is 7.43. The van der Waals surface area contributed by atoms with E-state index in [-0.39, 0.29) is 0 Å². The van der Waals surface area contributed by atoms with Crippen LogP contribution in [-0.4, -0.2) is 12.6 Å². The van der Waals surface area contributed by atoms with Gasteiger partial charge in [-0.15, -0.1) is 0 Å². The standard InChI is InChI=1S/C16H25N/c1-12-9-13-5-4-6-14(16(13)10-12)11-17-15-7-2-3-8-15/h4-6,12-13,15-17H,2-3,7-11H2,1H3/t12-,13?,16?/m0/s1. The van der Waals surface area contributed by atoms with Crippen molar-refractivity contribution in [2.45, 2.75) is 51.5 Å². The van der Waals surface area contributed by atoms with Crippen LogP contribution in [0.2, 0.25) is 0 Å². The lowest BCUT2D eigenvalue weighted by atomic mass is 9.84. The second-order valence-electron chi connectivity index (χ2n) is 6.34. The Morgan fingerprint density at radius 3 is 2.88 bits per heavy atom. The average Bonchev–Trinajstić information content (AvgIpc) is 2.93. The number of hydrogen-bond donors (Lipinski definition) is 1. The Hall–Kier alpha value is -0.560. The summed E-state index contributed by atoms with van der Waals surface area (Å²) in [6.07, 6.45) is 15.6. The number of hydrogen-bond acceptors (Lipinski definition) is 1. The van der Waals surface area contributed by atoms with Crippen LogP contribution in [0.15, 0.2) is 23.8 Å². The molecule has 1 nitrogen and oxygen atoms in total. The van der Waals surface area contributed by atoms with E-state index in [4.69, 9.17) is 0 Å². The van der Waals surface area contributed by atoms with Crippen molar-refractivity contribution in [3.8, 4) is 0 Å². The largest absolute Gasteiger partial charge is 0.310 e. The summed E-state index contributed by atoms with van der Waals surface area (Å²) in [5.41, 5.74) is 1.67. The normalized spacial score (nSPS) is 37.2. The van der Waals surface area contributed by atoms with Gasteiger partial charge in [0.25, 0.3) is 0 Å². The zero-order valence-electron chi connectivity index (χ0n) is 11.0. The highest BCUT2D eigenvalue weighted by molar-refractivity contribution is 5.26. The first kappa shape index (κ1) is 11.5. The lowest BCUT2D eigenvalue weighted by molar-refractivity contribution is 0.474. The van der Waals surface area contributed by atoms with Gasteiger partial charge in [0.05, 0.1) is 0 Å². The molecule has 0 spiro atoms. The lowest BCUT2D eigenvalue weighted by Crippen LogP contribution is -2.30. The summed E-state index contributed by atoms with van der Waals surface area (Å²) < 4.78 is 0. The Morgan fingerprint density at radius 2 is 2.06 bits per heavy atom. The molecule has 0 aliphatic heterocycles. The van der Waals surface area contributed by atoms with Crippen LogP contribution in [-0.2, 0) is 0 Å². The molecular weight excluding hydrogens is 206 g/mol. The third kappa shape index (κ3) is 2.49. The van der Waals surface area contributed by atoms with E-state index in [2.05, 4.69) is 30.5 Å². The molecule has 0 aromatic rings. The highest BCUT2D eigenvalue weighted by atomic mass is 14.9. The van der Waals surface area contributed by atoms with E-state index in [1.807, 2.05) is 0 Å². The number of allylic oxidation sites excluding steroid dienone is 3. The van der Waals surface area contributed by atoms with Crippen LogP contribution in [0.1, 0.15) is 45.4 Å². The summed E-state index contributed by atoms with van der Waals surface area (Å²) in [6, 6.07) is 0.805. The summed E-state index contributed by atoms with van der Waals surface area (Å²) in [4.78, 5) is 0. The minimum atomic E-state index is 0.805. The van der Waals surface area contributed by atoms with Crippen molar-refractivity contribution >= 4 is 0 Å². The van der Waals surface area contributed by atoms with E-state index in [1.54, 1.807) is 5.57 Å². The molecule has 0 amide bonds. The van der Waals surface area contributed by atoms with Crippen molar-refractivity contribution in [3.05, 3.63) is 23.8 Å². The van der Waals surface area contributed by atoms with Crippen LogP contribution in [0.3, 0.4) is 0 Å². The van der Waals surface area contributed by atoms with Crippen molar-refractivity contribution < 1.29 is 0 Å². The molecule has 1 heteroatoms. The smallest absolute Gasteiger partial charge is 0.0173 e. The summed E-state index contributed by atoms with van der Waals surface area (Å²) in [6.45, 7) is 3.55. The van der Waals surface area contributed by atoms with Crippen molar-refractivity contribution in [2.75, 3.05) is 6.54 Å². The second-order valence-corrected chi connectivity index (χ2v) is 6.34. The predicted octanol–water partition coefficient (Wildman–Crippen LogP) is 3.68. The van der Waals surface area contributed by atoms with E-state index in [0.717, 1.165) is 30.3 Å². The minimum Gasteiger partial charge on any atom is -0.310 e. The average molecular weight is 231 g/mol. The molecule has 0 saturated heterocycles. The molecule has 1 N–H and O–H groups in total. The van der Waals surface area contributed by atoms with Gasteiger partial charge in [0.1, 0.15) is 0 Å². The zero-order chi connectivity index (χ0) is 11.7. The van der Waals surface area contributed by atoms with Gasteiger partial charge in [-0.3, -0.25) is 0 Å². The molecule has 17 heavy (non-hydrogen) atoms. The fourth-order valence-corrected chi connectivity index (χ4v) is 4.00. The summed E-state index contributed by atoms with van der Waals surface area (Å²) in [7, 11) is 0. The predicted molar refractivity (Wildman–Crippen MR) is 72.9 cm³/mol. The van der Waals surface area contributed by atoms with E-state index < -0.39 is 0 Å². The van der Waals surface area contributed by atoms with Crippen LogP contribution in [0.5, 0.6) is 0 Å². The van der Waals surface area contributed by atoms with Crippen LogP contribution >= 0.6 is 0 Å². The Bertz CT molecular complexity index is 322. The molecule has 0 aromatic heterocycles. The molecule has 3 rings (SSSR count). The Morgan fingerprint density at radius 1 is 1.24 bits per heavy atom. The molecule has 0 aromatic carbocycles. The van der Waals surface area contributed by atoms with Gasteiger partial charge in [0.15, 0.2) is 0 Å². The summed E-state index contributed by atoms with van der Waals surface area (Å²) in [5, 5.41) is 3.78. The molecular formula is C16H25N. The molecule has 0 bridgehead atoms. The number of nitrogens with one attached hydrogen (secondary N) is 1. The molecule has 3 aliphatic carbocycles. The molecule has 94 valence electrons. The summed E-state index contributed by atoms with van der Waals surface area (Å²) in [5.74, 6) is 2.61. The highest BCUT2D eigenvalue weighted by Gasteiger charge is 2.33. The molecule has 0 heterocycles. The highest BCUT2D eigenvalue weighted by Crippen LogP contribution is 2.42. The van der Waals surface area contributed by atoms with E-state index in [9.17, 15) is 0 Å². The van der Waals surface area contributed by atoms with Crippen LogP contribution in [0.4, 0.5) is 0 Å². The van der Waals surface area contributed by atoms with Crippen LogP contribution in [0.25, 0.3) is 0 Å². The minimum absolute atomic E-state index is 0.805. The monoisotopic (exact) mass is 231 g/mol. The van der Waals surface area contributed by atoms with Gasteiger partial charge in [-0.1, -0.05) is 43.6 Å². The first-order valence-electron chi connectivity index (χ1n) is 7.43. The Balaban J connectivity index is 1.58. The second kappa shape index (κ2) is 4.97. The maximum Gasteiger partial charge on any atom is 0.0173 e. The fraction of sp³-hybridized carbons (Fsp3) is 0.750. The van der Waals surface area contributed by atoms with Crippen molar-refractivity contribution in [2.24, 2.45) is 17.8 Å². The maximum absolute atomic E-state index is 3.78. The molecule has 0 radical (unpaired) electrons. The van der Waals surface area contributed by atoms with Gasteiger partial charge in [-0.05, 0) is 43.4 Å². The lowest BCUT2D eigenvalue weighted by Gasteiger charge is -2.25. The van der Waals surface area contributed by atoms with E-state index >= 15 is 0 Å².